The van der Waals surface area contributed by atoms with Gasteiger partial charge in [0.2, 0.25) is 0 Å². The van der Waals surface area contributed by atoms with Gasteiger partial charge in [-0.2, -0.15) is 0 Å². The van der Waals surface area contributed by atoms with Gasteiger partial charge in [0.25, 0.3) is 0 Å². The van der Waals surface area contributed by atoms with Crippen molar-refractivity contribution in [3.05, 3.63) is 42.5 Å². The zero-order valence-corrected chi connectivity index (χ0v) is 13.6. The highest BCUT2D eigenvalue weighted by atomic mass is 15.1. The van der Waals surface area contributed by atoms with E-state index in [0.29, 0.717) is 6.04 Å². The van der Waals surface area contributed by atoms with Crippen molar-refractivity contribution in [2.75, 3.05) is 24.5 Å². The molecule has 0 spiro atoms. The smallest absolute Gasteiger partial charge is 0.0445 e. The van der Waals surface area contributed by atoms with Crippen LogP contribution in [0.15, 0.2) is 42.5 Å². The molecule has 0 saturated carbocycles. The molecule has 114 valence electrons. The van der Waals surface area contributed by atoms with Crippen molar-refractivity contribution in [1.29, 1.82) is 0 Å². The van der Waals surface area contributed by atoms with Crippen LogP contribution in [-0.2, 0) is 0 Å². The third kappa shape index (κ3) is 4.21. The van der Waals surface area contributed by atoms with Crippen LogP contribution in [0.2, 0.25) is 0 Å². The minimum Gasteiger partial charge on any atom is -0.371 e. The van der Waals surface area contributed by atoms with Crippen LogP contribution in [-0.4, -0.2) is 25.7 Å². The molecule has 0 radical (unpaired) electrons. The van der Waals surface area contributed by atoms with E-state index in [4.69, 9.17) is 0 Å². The molecule has 1 atom stereocenters. The topological polar surface area (TPSA) is 15.3 Å². The van der Waals surface area contributed by atoms with Gasteiger partial charge in [0, 0.05) is 30.2 Å². The Hall–Kier alpha value is -1.54. The van der Waals surface area contributed by atoms with E-state index in [-0.39, 0.29) is 0 Å². The van der Waals surface area contributed by atoms with Crippen LogP contribution < -0.4 is 10.2 Å². The molecule has 0 aliphatic rings. The Bertz CT molecular complexity index is 545. The van der Waals surface area contributed by atoms with Gasteiger partial charge in [0.1, 0.15) is 0 Å². The van der Waals surface area contributed by atoms with Gasteiger partial charge in [-0.25, -0.2) is 0 Å². The molecule has 0 heterocycles. The summed E-state index contributed by atoms with van der Waals surface area (Å²) < 4.78 is 0. The van der Waals surface area contributed by atoms with Crippen molar-refractivity contribution in [1.82, 2.24) is 5.32 Å². The van der Waals surface area contributed by atoms with E-state index >= 15 is 0 Å². The van der Waals surface area contributed by atoms with E-state index in [1.165, 1.54) is 29.3 Å². The van der Waals surface area contributed by atoms with Gasteiger partial charge in [-0.15, -0.1) is 0 Å². The Kier molecular flexibility index (Phi) is 6.06. The van der Waals surface area contributed by atoms with Crippen molar-refractivity contribution in [3.63, 3.8) is 0 Å². The molecule has 0 aliphatic carbocycles. The van der Waals surface area contributed by atoms with Crippen molar-refractivity contribution in [2.45, 2.75) is 39.7 Å². The number of rotatable bonds is 8. The van der Waals surface area contributed by atoms with E-state index in [9.17, 15) is 0 Å². The van der Waals surface area contributed by atoms with Crippen molar-refractivity contribution < 1.29 is 0 Å². The Morgan fingerprint density at radius 2 is 1.81 bits per heavy atom. The SMILES string of the molecule is CCCNC(C)CCN(CC)c1cccc2ccccc12. The summed E-state index contributed by atoms with van der Waals surface area (Å²) in [4.78, 5) is 2.49. The Morgan fingerprint density at radius 3 is 2.57 bits per heavy atom. The summed E-state index contributed by atoms with van der Waals surface area (Å²) in [6, 6.07) is 15.8. The lowest BCUT2D eigenvalue weighted by Crippen LogP contribution is -2.33. The molecule has 1 N–H and O–H groups in total. The first-order valence-corrected chi connectivity index (χ1v) is 8.22. The van der Waals surface area contributed by atoms with E-state index < -0.39 is 0 Å². The van der Waals surface area contributed by atoms with Crippen molar-refractivity contribution in [3.8, 4) is 0 Å². The van der Waals surface area contributed by atoms with Gasteiger partial charge in [-0.05, 0) is 44.7 Å². The second-order valence-electron chi connectivity index (χ2n) is 5.72. The molecule has 2 aromatic rings. The Labute approximate surface area is 129 Å². The van der Waals surface area contributed by atoms with E-state index in [2.05, 4.69) is 73.5 Å². The maximum Gasteiger partial charge on any atom is 0.0445 e. The molecule has 2 rings (SSSR count). The van der Waals surface area contributed by atoms with Crippen molar-refractivity contribution in [2.24, 2.45) is 0 Å². The second kappa shape index (κ2) is 8.04. The molecule has 0 saturated heterocycles. The molecular formula is C19H28N2. The summed E-state index contributed by atoms with van der Waals surface area (Å²) in [6.45, 7) is 10.0. The predicted molar refractivity (Wildman–Crippen MR) is 94.2 cm³/mol. The van der Waals surface area contributed by atoms with Crippen molar-refractivity contribution >= 4 is 16.5 Å². The molecule has 2 nitrogen and oxygen atoms in total. The number of nitrogens with one attached hydrogen (secondary N) is 1. The average molecular weight is 284 g/mol. The number of nitrogens with zero attached hydrogens (tertiary/aromatic N) is 1. The molecule has 1 unspecified atom stereocenters. The fourth-order valence-electron chi connectivity index (χ4n) is 2.78. The van der Waals surface area contributed by atoms with Gasteiger partial charge in [-0.1, -0.05) is 43.3 Å². The number of hydrogen-bond acceptors (Lipinski definition) is 2. The highest BCUT2D eigenvalue weighted by Crippen LogP contribution is 2.26. The average Bonchev–Trinajstić information content (AvgIpc) is 2.53. The van der Waals surface area contributed by atoms with Crippen LogP contribution in [0.4, 0.5) is 5.69 Å². The fraction of sp³-hybridized carbons (Fsp3) is 0.474. The second-order valence-corrected chi connectivity index (χ2v) is 5.72. The van der Waals surface area contributed by atoms with E-state index in [0.717, 1.165) is 19.6 Å². The zero-order chi connectivity index (χ0) is 15.1. The molecule has 0 fully saturated rings. The summed E-state index contributed by atoms with van der Waals surface area (Å²) in [5.41, 5.74) is 1.36. The van der Waals surface area contributed by atoms with Crippen LogP contribution in [0, 0.1) is 0 Å². The molecule has 21 heavy (non-hydrogen) atoms. The number of hydrogen-bond donors (Lipinski definition) is 1. The third-order valence-electron chi connectivity index (χ3n) is 4.06. The van der Waals surface area contributed by atoms with Gasteiger partial charge in [0.05, 0.1) is 0 Å². The molecule has 0 bridgehead atoms. The maximum atomic E-state index is 3.57. The molecule has 2 aromatic carbocycles. The number of anilines is 1. The molecule has 0 amide bonds. The van der Waals surface area contributed by atoms with Gasteiger partial charge < -0.3 is 10.2 Å². The third-order valence-corrected chi connectivity index (χ3v) is 4.06. The standard InChI is InChI=1S/C19H28N2/c1-4-14-20-16(3)13-15-21(5-2)19-12-8-10-17-9-6-7-11-18(17)19/h6-12,16,20H,4-5,13-15H2,1-3H3. The number of fused-ring (bicyclic) bond motifs is 1. The molecule has 0 aliphatic heterocycles. The number of benzene rings is 2. The van der Waals surface area contributed by atoms with Gasteiger partial charge in [0.15, 0.2) is 0 Å². The lowest BCUT2D eigenvalue weighted by molar-refractivity contribution is 0.511. The summed E-state index contributed by atoms with van der Waals surface area (Å²) in [6.07, 6.45) is 2.38. The monoisotopic (exact) mass is 284 g/mol. The van der Waals surface area contributed by atoms with Crippen LogP contribution >= 0.6 is 0 Å². The van der Waals surface area contributed by atoms with Gasteiger partial charge >= 0.3 is 0 Å². The fourth-order valence-corrected chi connectivity index (χ4v) is 2.78. The normalized spacial score (nSPS) is 12.5. The first kappa shape index (κ1) is 15.8. The highest BCUT2D eigenvalue weighted by Gasteiger charge is 2.09. The summed E-state index contributed by atoms with van der Waals surface area (Å²) in [5.74, 6) is 0. The lowest BCUT2D eigenvalue weighted by atomic mass is 10.1. The minimum absolute atomic E-state index is 0.578. The van der Waals surface area contributed by atoms with Crippen LogP contribution in [0.5, 0.6) is 0 Å². The predicted octanol–water partition coefficient (Wildman–Crippen LogP) is 4.44. The van der Waals surface area contributed by atoms with Crippen LogP contribution in [0.1, 0.15) is 33.6 Å². The van der Waals surface area contributed by atoms with E-state index in [1.54, 1.807) is 0 Å². The quantitative estimate of drug-likeness (QED) is 0.770. The summed E-state index contributed by atoms with van der Waals surface area (Å²) in [5, 5.41) is 6.26. The lowest BCUT2D eigenvalue weighted by Gasteiger charge is -2.26. The van der Waals surface area contributed by atoms with Gasteiger partial charge in [-0.3, -0.25) is 0 Å². The molecule has 2 heteroatoms. The summed E-state index contributed by atoms with van der Waals surface area (Å²) >= 11 is 0. The zero-order valence-electron chi connectivity index (χ0n) is 13.6. The largest absolute Gasteiger partial charge is 0.371 e. The Morgan fingerprint density at radius 1 is 1.05 bits per heavy atom. The highest BCUT2D eigenvalue weighted by molar-refractivity contribution is 5.94. The maximum absolute atomic E-state index is 3.57. The first-order valence-electron chi connectivity index (χ1n) is 8.22. The molecular weight excluding hydrogens is 256 g/mol. The van der Waals surface area contributed by atoms with Crippen LogP contribution in [0.3, 0.4) is 0 Å². The van der Waals surface area contributed by atoms with Crippen LogP contribution in [0.25, 0.3) is 10.8 Å². The first-order chi connectivity index (χ1) is 10.3. The Balaban J connectivity index is 2.09. The summed E-state index contributed by atoms with van der Waals surface area (Å²) in [7, 11) is 0. The minimum atomic E-state index is 0.578. The van der Waals surface area contributed by atoms with E-state index in [1.807, 2.05) is 0 Å². The molecule has 0 aromatic heterocycles.